The molecule has 5 aromatic carbocycles. The average molecular weight is 592 g/mol. The van der Waals surface area contributed by atoms with Gasteiger partial charge in [-0.1, -0.05) is 116 Å². The Bertz CT molecular complexity index is 2370. The Morgan fingerprint density at radius 2 is 1.63 bits per heavy atom. The summed E-state index contributed by atoms with van der Waals surface area (Å²) in [5, 5.41) is 4.90. The molecule has 0 amide bonds. The quantitative estimate of drug-likeness (QED) is 0.196. The average Bonchev–Trinajstić information content (AvgIpc) is 3.45. The van der Waals surface area contributed by atoms with Gasteiger partial charge < -0.3 is 10.3 Å². The summed E-state index contributed by atoms with van der Waals surface area (Å²) in [5.74, 6) is 0.339. The van der Waals surface area contributed by atoms with Crippen LogP contribution in [0.4, 0.5) is 0 Å². The van der Waals surface area contributed by atoms with Crippen LogP contribution in [-0.4, -0.2) is 9.55 Å². The number of para-hydroxylation sites is 1. The van der Waals surface area contributed by atoms with Crippen LogP contribution in [0.1, 0.15) is 28.3 Å². The predicted molar refractivity (Wildman–Crippen MR) is 195 cm³/mol. The summed E-state index contributed by atoms with van der Waals surface area (Å²) < 4.78 is 2.45. The number of pyridine rings is 1. The van der Waals surface area contributed by atoms with Crippen molar-refractivity contribution in [2.24, 2.45) is 5.73 Å². The normalized spacial score (nSPS) is 14.8. The minimum absolute atomic E-state index is 0.339. The van der Waals surface area contributed by atoms with Crippen LogP contribution in [0.25, 0.3) is 61.2 Å². The highest BCUT2D eigenvalue weighted by atomic mass is 15.0. The molecule has 1 aliphatic rings. The van der Waals surface area contributed by atoms with E-state index in [1.54, 1.807) is 6.08 Å². The molecule has 1 atom stereocenters. The Kier molecular flexibility index (Phi) is 6.92. The Balaban J connectivity index is 1.29. The van der Waals surface area contributed by atoms with E-state index >= 15 is 0 Å². The van der Waals surface area contributed by atoms with Crippen molar-refractivity contribution in [2.75, 3.05) is 0 Å². The van der Waals surface area contributed by atoms with E-state index in [-0.39, 0.29) is 0 Å². The number of benzene rings is 5. The molecule has 0 saturated carbocycles. The van der Waals surface area contributed by atoms with Gasteiger partial charge in [-0.25, -0.2) is 4.98 Å². The molecule has 0 fully saturated rings. The highest BCUT2D eigenvalue weighted by Gasteiger charge is 2.20. The summed E-state index contributed by atoms with van der Waals surface area (Å²) in [7, 11) is 0. The van der Waals surface area contributed by atoms with Crippen LogP contribution in [-0.2, 0) is 6.42 Å². The number of aromatic nitrogens is 2. The molecule has 0 bridgehead atoms. The summed E-state index contributed by atoms with van der Waals surface area (Å²) in [6, 6.07) is 43.8. The predicted octanol–water partition coefficient (Wildman–Crippen LogP) is 10.4. The third kappa shape index (κ3) is 4.74. The molecule has 2 aromatic heterocycles. The van der Waals surface area contributed by atoms with E-state index < -0.39 is 0 Å². The van der Waals surface area contributed by atoms with Crippen molar-refractivity contribution in [3.63, 3.8) is 0 Å². The molecule has 3 nitrogen and oxygen atoms in total. The fraction of sp³-hybridized carbons (Fsp3) is 0.0465. The first kappa shape index (κ1) is 27.6. The van der Waals surface area contributed by atoms with Gasteiger partial charge in [-0.2, -0.15) is 0 Å². The van der Waals surface area contributed by atoms with E-state index in [0.717, 1.165) is 34.6 Å². The second-order valence-electron chi connectivity index (χ2n) is 11.8. The molecule has 2 N–H and O–H groups in total. The number of rotatable bonds is 6. The fourth-order valence-electron chi connectivity index (χ4n) is 6.94. The van der Waals surface area contributed by atoms with Crippen LogP contribution in [0.2, 0.25) is 0 Å². The van der Waals surface area contributed by atoms with Gasteiger partial charge in [-0.05, 0) is 77.2 Å². The van der Waals surface area contributed by atoms with Crippen molar-refractivity contribution in [1.82, 2.24) is 9.55 Å². The molecule has 8 rings (SSSR count). The minimum Gasteiger partial charge on any atom is -0.405 e. The van der Waals surface area contributed by atoms with Gasteiger partial charge >= 0.3 is 0 Å². The molecule has 7 aromatic rings. The first-order chi connectivity index (χ1) is 22.7. The maximum atomic E-state index is 5.71. The Morgan fingerprint density at radius 1 is 0.804 bits per heavy atom. The van der Waals surface area contributed by atoms with E-state index in [9.17, 15) is 0 Å². The Labute approximate surface area is 269 Å². The molecular weight excluding hydrogens is 558 g/mol. The fourth-order valence-corrected chi connectivity index (χ4v) is 6.94. The number of nitrogens with zero attached hydrogens (tertiary/aromatic N) is 2. The summed E-state index contributed by atoms with van der Waals surface area (Å²) >= 11 is 0. The van der Waals surface area contributed by atoms with Gasteiger partial charge in [0.2, 0.25) is 0 Å². The van der Waals surface area contributed by atoms with Crippen molar-refractivity contribution >= 4 is 44.2 Å². The zero-order chi connectivity index (χ0) is 31.0. The highest BCUT2D eigenvalue weighted by molar-refractivity contribution is 6.19. The SMILES string of the molecule is C=C/C=C(\C=C/N)c1cccc(-c2ccc3c(ccc4c5ccc(C6C=Cc7ccccc7C6)cc5n(-c5ccccc5)c34)c2)n1. The van der Waals surface area contributed by atoms with Gasteiger partial charge in [0.15, 0.2) is 0 Å². The zero-order valence-corrected chi connectivity index (χ0v) is 25.5. The van der Waals surface area contributed by atoms with Crippen molar-refractivity contribution in [1.29, 1.82) is 0 Å². The lowest BCUT2D eigenvalue weighted by molar-refractivity contribution is 0.828. The first-order valence-corrected chi connectivity index (χ1v) is 15.7. The van der Waals surface area contributed by atoms with Gasteiger partial charge in [0, 0.05) is 38.9 Å². The molecule has 46 heavy (non-hydrogen) atoms. The molecule has 0 saturated heterocycles. The number of fused-ring (bicyclic) bond motifs is 6. The van der Waals surface area contributed by atoms with Gasteiger partial charge in [0.25, 0.3) is 0 Å². The summed E-state index contributed by atoms with van der Waals surface area (Å²) in [6.45, 7) is 3.85. The van der Waals surface area contributed by atoms with Crippen LogP contribution >= 0.6 is 0 Å². The highest BCUT2D eigenvalue weighted by Crippen LogP contribution is 2.40. The monoisotopic (exact) mass is 591 g/mol. The standard InChI is InChI=1S/C43H33N3/c1-2-9-30(24-25-44)40-14-8-15-41(45-40)35-20-21-37-34(27-35)19-23-39-38-22-18-33(32-17-16-29-10-6-7-11-31(29)26-32)28-42(38)46(43(37)39)36-12-4-3-5-13-36/h2-25,27-28,32H,1,26,44H2/b25-24-,30-9+. The second-order valence-corrected chi connectivity index (χ2v) is 11.8. The molecule has 1 aliphatic carbocycles. The topological polar surface area (TPSA) is 43.8 Å². The van der Waals surface area contributed by atoms with Crippen LogP contribution in [0.15, 0.2) is 158 Å². The van der Waals surface area contributed by atoms with Gasteiger partial charge in [0.1, 0.15) is 0 Å². The lowest BCUT2D eigenvalue weighted by atomic mass is 9.85. The number of hydrogen-bond donors (Lipinski definition) is 1. The molecular formula is C43H33N3. The lowest BCUT2D eigenvalue weighted by Gasteiger charge is -2.20. The van der Waals surface area contributed by atoms with Crippen LogP contribution in [0.5, 0.6) is 0 Å². The van der Waals surface area contributed by atoms with E-state index in [1.807, 2.05) is 24.3 Å². The summed E-state index contributed by atoms with van der Waals surface area (Å²) in [4.78, 5) is 4.98. The largest absolute Gasteiger partial charge is 0.405 e. The van der Waals surface area contributed by atoms with Crippen LogP contribution in [0, 0.1) is 0 Å². The molecule has 1 unspecified atom stereocenters. The van der Waals surface area contributed by atoms with Crippen molar-refractivity contribution in [2.45, 2.75) is 12.3 Å². The third-order valence-electron chi connectivity index (χ3n) is 9.13. The van der Waals surface area contributed by atoms with E-state index in [4.69, 9.17) is 10.7 Å². The third-order valence-corrected chi connectivity index (χ3v) is 9.13. The number of hydrogen-bond acceptors (Lipinski definition) is 2. The van der Waals surface area contributed by atoms with E-state index in [1.165, 1.54) is 55.5 Å². The van der Waals surface area contributed by atoms with Gasteiger partial charge in [-0.15, -0.1) is 0 Å². The van der Waals surface area contributed by atoms with E-state index in [2.05, 4.69) is 132 Å². The minimum atomic E-state index is 0.339. The molecule has 0 radical (unpaired) electrons. The number of nitrogens with two attached hydrogens (primary N) is 1. The lowest BCUT2D eigenvalue weighted by Crippen LogP contribution is -2.05. The van der Waals surface area contributed by atoms with Gasteiger partial charge in [0.05, 0.1) is 22.4 Å². The van der Waals surface area contributed by atoms with Crippen molar-refractivity contribution in [3.05, 3.63) is 181 Å². The van der Waals surface area contributed by atoms with Crippen molar-refractivity contribution < 1.29 is 0 Å². The first-order valence-electron chi connectivity index (χ1n) is 15.7. The molecule has 3 heteroatoms. The van der Waals surface area contributed by atoms with Crippen LogP contribution in [0.3, 0.4) is 0 Å². The van der Waals surface area contributed by atoms with Crippen LogP contribution < -0.4 is 5.73 Å². The second kappa shape index (κ2) is 11.5. The molecule has 0 spiro atoms. The molecule has 0 aliphatic heterocycles. The summed E-state index contributed by atoms with van der Waals surface area (Å²) in [6.07, 6.45) is 12.7. The van der Waals surface area contributed by atoms with Gasteiger partial charge in [-0.3, -0.25) is 0 Å². The summed E-state index contributed by atoms with van der Waals surface area (Å²) in [5.41, 5.74) is 17.1. The van der Waals surface area contributed by atoms with E-state index in [0.29, 0.717) is 5.92 Å². The van der Waals surface area contributed by atoms with Crippen molar-refractivity contribution in [3.8, 4) is 16.9 Å². The zero-order valence-electron chi connectivity index (χ0n) is 25.5. The maximum Gasteiger partial charge on any atom is 0.0710 e. The maximum absolute atomic E-state index is 5.71. The molecule has 220 valence electrons. The smallest absolute Gasteiger partial charge is 0.0710 e. The Hall–Kier alpha value is -5.93. The number of allylic oxidation sites excluding steroid dienone is 5. The Morgan fingerprint density at radius 3 is 2.50 bits per heavy atom. The molecule has 2 heterocycles.